The van der Waals surface area contributed by atoms with Gasteiger partial charge in [-0.3, -0.25) is 0 Å². The molecule has 10 heavy (non-hydrogen) atoms. The summed E-state index contributed by atoms with van der Waals surface area (Å²) < 4.78 is 25.1. The Morgan fingerprint density at radius 2 is 1.70 bits per heavy atom. The number of halogens is 4. The molecular weight excluding hydrogens is 181 g/mol. The van der Waals surface area contributed by atoms with Crippen molar-refractivity contribution in [2.45, 2.75) is 31.0 Å². The molecule has 0 radical (unpaired) electrons. The van der Waals surface area contributed by atoms with Gasteiger partial charge in [0.2, 0.25) is 0 Å². The van der Waals surface area contributed by atoms with E-state index in [1.54, 1.807) is 13.8 Å². The van der Waals surface area contributed by atoms with Gasteiger partial charge in [-0.25, -0.2) is 8.78 Å². The summed E-state index contributed by atoms with van der Waals surface area (Å²) in [5.41, 5.74) is 0. The molecule has 0 spiro atoms. The normalized spacial score (nSPS) is 13.2. The SMILES string of the molecule is CC(C)CC(F)(F)C(Cl)Cl. The van der Waals surface area contributed by atoms with Crippen LogP contribution in [0, 0.1) is 5.92 Å². The van der Waals surface area contributed by atoms with Crippen LogP contribution in [0.15, 0.2) is 0 Å². The van der Waals surface area contributed by atoms with E-state index in [0.29, 0.717) is 0 Å². The summed E-state index contributed by atoms with van der Waals surface area (Å²) in [7, 11) is 0. The topological polar surface area (TPSA) is 0 Å². The molecule has 4 heteroatoms. The Kier molecular flexibility index (Phi) is 3.89. The van der Waals surface area contributed by atoms with Gasteiger partial charge in [-0.1, -0.05) is 37.0 Å². The van der Waals surface area contributed by atoms with Gasteiger partial charge >= 0.3 is 0 Å². The van der Waals surface area contributed by atoms with Gasteiger partial charge in [-0.15, -0.1) is 0 Å². The molecule has 0 atom stereocenters. The average Bonchev–Trinajstić information content (AvgIpc) is 1.60. The van der Waals surface area contributed by atoms with Crippen LogP contribution in [0.2, 0.25) is 0 Å². The Hall–Kier alpha value is 0.440. The largest absolute Gasteiger partial charge is 0.277 e. The molecule has 0 aromatic heterocycles. The summed E-state index contributed by atoms with van der Waals surface area (Å²) in [6, 6.07) is 0. The maximum atomic E-state index is 12.5. The zero-order valence-electron chi connectivity index (χ0n) is 5.87. The second kappa shape index (κ2) is 3.72. The molecule has 0 aliphatic heterocycles. The first-order valence-corrected chi connectivity index (χ1v) is 3.89. The molecule has 0 saturated heterocycles. The number of hydrogen-bond donors (Lipinski definition) is 0. The Bertz CT molecular complexity index is 102. The van der Waals surface area contributed by atoms with Gasteiger partial charge in [-0.05, 0) is 5.92 Å². The number of rotatable bonds is 3. The summed E-state index contributed by atoms with van der Waals surface area (Å²) in [4.78, 5) is -1.59. The molecule has 0 heterocycles. The van der Waals surface area contributed by atoms with Crippen LogP contribution >= 0.6 is 23.2 Å². The molecule has 0 aliphatic rings. The third-order valence-corrected chi connectivity index (χ3v) is 1.64. The molecule has 0 N–H and O–H groups in total. The van der Waals surface area contributed by atoms with Gasteiger partial charge in [0.25, 0.3) is 5.92 Å². The van der Waals surface area contributed by atoms with Crippen molar-refractivity contribution in [3.8, 4) is 0 Å². The van der Waals surface area contributed by atoms with Crippen LogP contribution in [0.3, 0.4) is 0 Å². The van der Waals surface area contributed by atoms with Gasteiger partial charge in [0.15, 0.2) is 4.84 Å². The van der Waals surface area contributed by atoms with Crippen LogP contribution in [-0.4, -0.2) is 10.8 Å². The van der Waals surface area contributed by atoms with Gasteiger partial charge in [0.05, 0.1) is 0 Å². The molecule has 0 aromatic carbocycles. The highest BCUT2D eigenvalue weighted by molar-refractivity contribution is 6.45. The third kappa shape index (κ3) is 3.57. The molecule has 0 fully saturated rings. The van der Waals surface area contributed by atoms with Crippen molar-refractivity contribution in [3.05, 3.63) is 0 Å². The van der Waals surface area contributed by atoms with E-state index in [9.17, 15) is 8.78 Å². The summed E-state index contributed by atoms with van der Waals surface area (Å²) in [5, 5.41) is 0. The molecule has 0 aliphatic carbocycles. The predicted octanol–water partition coefficient (Wildman–Crippen LogP) is 3.47. The Balaban J connectivity index is 3.87. The number of alkyl halides is 4. The van der Waals surface area contributed by atoms with Crippen molar-refractivity contribution in [2.75, 3.05) is 0 Å². The van der Waals surface area contributed by atoms with Crippen molar-refractivity contribution in [3.63, 3.8) is 0 Å². The van der Waals surface area contributed by atoms with E-state index in [1.807, 2.05) is 0 Å². The minimum Gasteiger partial charge on any atom is -0.204 e. The van der Waals surface area contributed by atoms with E-state index in [4.69, 9.17) is 23.2 Å². The van der Waals surface area contributed by atoms with Crippen LogP contribution in [0.1, 0.15) is 20.3 Å². The van der Waals surface area contributed by atoms with E-state index in [0.717, 1.165) is 0 Å². The monoisotopic (exact) mass is 190 g/mol. The van der Waals surface area contributed by atoms with Crippen molar-refractivity contribution in [2.24, 2.45) is 5.92 Å². The molecule has 0 bridgehead atoms. The first-order valence-electron chi connectivity index (χ1n) is 3.02. The fraction of sp³-hybridized carbons (Fsp3) is 1.00. The Morgan fingerprint density at radius 3 is 1.80 bits per heavy atom. The first-order chi connectivity index (χ1) is 4.36. The third-order valence-electron chi connectivity index (χ3n) is 1.000. The van der Waals surface area contributed by atoms with E-state index in [2.05, 4.69) is 0 Å². The van der Waals surface area contributed by atoms with Gasteiger partial charge in [-0.2, -0.15) is 0 Å². The van der Waals surface area contributed by atoms with Crippen LogP contribution in [0.25, 0.3) is 0 Å². The quantitative estimate of drug-likeness (QED) is 0.599. The van der Waals surface area contributed by atoms with Gasteiger partial charge < -0.3 is 0 Å². The highest BCUT2D eigenvalue weighted by atomic mass is 35.5. The standard InChI is InChI=1S/C6H10Cl2F2/c1-4(2)3-6(9,10)5(7)8/h4-5H,3H2,1-2H3. The summed E-state index contributed by atoms with van der Waals surface area (Å²) >= 11 is 10.1. The average molecular weight is 191 g/mol. The summed E-state index contributed by atoms with van der Waals surface area (Å²) in [5.74, 6) is -3.04. The van der Waals surface area contributed by atoms with Gasteiger partial charge in [0, 0.05) is 6.42 Å². The first kappa shape index (κ1) is 10.4. The lowest BCUT2D eigenvalue weighted by Gasteiger charge is -2.18. The van der Waals surface area contributed by atoms with Crippen molar-refractivity contribution in [1.29, 1.82) is 0 Å². The maximum Gasteiger partial charge on any atom is 0.277 e. The van der Waals surface area contributed by atoms with Crippen LogP contribution in [0.4, 0.5) is 8.78 Å². The van der Waals surface area contributed by atoms with Crippen molar-refractivity contribution >= 4 is 23.2 Å². The molecular formula is C6H10Cl2F2. The van der Waals surface area contributed by atoms with Crippen LogP contribution < -0.4 is 0 Å². The zero-order valence-corrected chi connectivity index (χ0v) is 7.39. The molecule has 0 saturated carbocycles. The molecule has 0 aromatic rings. The Morgan fingerprint density at radius 1 is 1.30 bits per heavy atom. The van der Waals surface area contributed by atoms with E-state index >= 15 is 0 Å². The lowest BCUT2D eigenvalue weighted by molar-refractivity contribution is -0.00502. The minimum atomic E-state index is -2.95. The molecule has 0 nitrogen and oxygen atoms in total. The minimum absolute atomic E-state index is 0.0880. The maximum absolute atomic E-state index is 12.5. The predicted molar refractivity (Wildman–Crippen MR) is 39.9 cm³/mol. The van der Waals surface area contributed by atoms with Crippen LogP contribution in [0.5, 0.6) is 0 Å². The van der Waals surface area contributed by atoms with Crippen molar-refractivity contribution in [1.82, 2.24) is 0 Å². The summed E-state index contributed by atoms with van der Waals surface area (Å²) in [6.07, 6.45) is -0.259. The van der Waals surface area contributed by atoms with Crippen molar-refractivity contribution < 1.29 is 8.78 Å². The molecule has 0 amide bonds. The van der Waals surface area contributed by atoms with Crippen LogP contribution in [-0.2, 0) is 0 Å². The fourth-order valence-corrected chi connectivity index (χ4v) is 0.812. The van der Waals surface area contributed by atoms with Gasteiger partial charge in [0.1, 0.15) is 0 Å². The summed E-state index contributed by atoms with van der Waals surface area (Å²) in [6.45, 7) is 3.40. The fourth-order valence-electron chi connectivity index (χ4n) is 0.633. The highest BCUT2D eigenvalue weighted by Gasteiger charge is 2.37. The Labute approximate surface area is 69.5 Å². The van der Waals surface area contributed by atoms with E-state index in [-0.39, 0.29) is 12.3 Å². The lowest BCUT2D eigenvalue weighted by Crippen LogP contribution is -2.26. The number of hydrogen-bond acceptors (Lipinski definition) is 0. The molecule has 62 valence electrons. The second-order valence-electron chi connectivity index (χ2n) is 2.66. The molecule has 0 unspecified atom stereocenters. The lowest BCUT2D eigenvalue weighted by atomic mass is 10.1. The van der Waals surface area contributed by atoms with E-state index in [1.165, 1.54) is 0 Å². The van der Waals surface area contributed by atoms with E-state index < -0.39 is 10.8 Å². The smallest absolute Gasteiger partial charge is 0.204 e. The highest BCUT2D eigenvalue weighted by Crippen LogP contribution is 2.32. The zero-order chi connectivity index (χ0) is 8.36. The molecule has 0 rings (SSSR count). The second-order valence-corrected chi connectivity index (χ2v) is 3.76.